The summed E-state index contributed by atoms with van der Waals surface area (Å²) in [6.45, 7) is 12.0. The first kappa shape index (κ1) is 17.4. The van der Waals surface area contributed by atoms with Crippen LogP contribution < -0.4 is 0 Å². The first-order valence-electron chi connectivity index (χ1n) is 8.88. The van der Waals surface area contributed by atoms with Crippen LogP contribution in [0.3, 0.4) is 0 Å². The number of Topliss-reactive ketones (excluding diaryl/α,β-unsaturated/α-hetero) is 1. The second-order valence-electron chi connectivity index (χ2n) is 8.59. The zero-order valence-electron chi connectivity index (χ0n) is 15.8. The topological polar surface area (TPSA) is 31.2 Å². The molecule has 4 heteroatoms. The minimum atomic E-state index is -1.76. The molecule has 0 saturated heterocycles. The van der Waals surface area contributed by atoms with Gasteiger partial charge in [-0.3, -0.25) is 4.79 Å². The zero-order chi connectivity index (χ0) is 17.7. The Labute approximate surface area is 146 Å². The lowest BCUT2D eigenvalue weighted by Crippen LogP contribution is -2.40. The number of ketones is 1. The molecule has 0 aliphatic heterocycles. The molecule has 0 amide bonds. The minimum Gasteiger partial charge on any atom is -0.411 e. The SMILES string of the molecule is Cn1c(CO[Si](C)(C)C(C)(C)C)cc2cc3c(cc21)CCCC3=O. The molecule has 24 heavy (non-hydrogen) atoms. The van der Waals surface area contributed by atoms with Crippen LogP contribution in [0, 0.1) is 0 Å². The molecule has 0 radical (unpaired) electrons. The number of fused-ring (bicyclic) bond motifs is 2. The molecule has 1 heterocycles. The van der Waals surface area contributed by atoms with Gasteiger partial charge >= 0.3 is 0 Å². The number of carbonyl (C=O) groups is 1. The fourth-order valence-electron chi connectivity index (χ4n) is 3.14. The number of aryl methyl sites for hydroxylation is 2. The van der Waals surface area contributed by atoms with Crippen LogP contribution in [-0.2, 0) is 24.5 Å². The number of hydrogen-bond acceptors (Lipinski definition) is 2. The Morgan fingerprint density at radius 1 is 1.17 bits per heavy atom. The van der Waals surface area contributed by atoms with Crippen LogP contribution in [0.1, 0.15) is 55.2 Å². The molecular weight excluding hydrogens is 314 g/mol. The number of aromatic nitrogens is 1. The zero-order valence-corrected chi connectivity index (χ0v) is 16.8. The summed E-state index contributed by atoms with van der Waals surface area (Å²) < 4.78 is 8.61. The average molecular weight is 344 g/mol. The summed E-state index contributed by atoms with van der Waals surface area (Å²) in [5.41, 5.74) is 4.52. The molecule has 130 valence electrons. The van der Waals surface area contributed by atoms with Gasteiger partial charge in [-0.25, -0.2) is 0 Å². The predicted molar refractivity (Wildman–Crippen MR) is 102 cm³/mol. The van der Waals surface area contributed by atoms with Crippen molar-refractivity contribution >= 4 is 25.0 Å². The van der Waals surface area contributed by atoms with Crippen molar-refractivity contribution < 1.29 is 9.22 Å². The lowest BCUT2D eigenvalue weighted by molar-refractivity contribution is 0.0972. The van der Waals surface area contributed by atoms with Gasteiger partial charge in [0.2, 0.25) is 0 Å². The van der Waals surface area contributed by atoms with Gasteiger partial charge in [0.25, 0.3) is 0 Å². The van der Waals surface area contributed by atoms with E-state index in [-0.39, 0.29) is 5.04 Å². The Hall–Kier alpha value is -1.39. The van der Waals surface area contributed by atoms with Crippen molar-refractivity contribution in [3.05, 3.63) is 35.0 Å². The summed E-state index contributed by atoms with van der Waals surface area (Å²) in [5, 5.41) is 1.36. The maximum atomic E-state index is 12.2. The van der Waals surface area contributed by atoms with Gasteiger partial charge in [0.1, 0.15) is 0 Å². The molecular formula is C20H29NO2Si. The highest BCUT2D eigenvalue weighted by atomic mass is 28.4. The first-order valence-corrected chi connectivity index (χ1v) is 11.8. The van der Waals surface area contributed by atoms with E-state index in [4.69, 9.17) is 4.43 Å². The van der Waals surface area contributed by atoms with Crippen molar-refractivity contribution in [1.29, 1.82) is 0 Å². The van der Waals surface area contributed by atoms with Crippen molar-refractivity contribution in [2.24, 2.45) is 7.05 Å². The molecule has 0 spiro atoms. The summed E-state index contributed by atoms with van der Waals surface area (Å²) in [6, 6.07) is 6.48. The van der Waals surface area contributed by atoms with Crippen LogP contribution in [0.5, 0.6) is 0 Å². The fourth-order valence-corrected chi connectivity index (χ4v) is 4.08. The third-order valence-corrected chi connectivity index (χ3v) is 10.4. The smallest absolute Gasteiger partial charge is 0.192 e. The first-order chi connectivity index (χ1) is 11.1. The van der Waals surface area contributed by atoms with Gasteiger partial charge in [0.05, 0.1) is 6.61 Å². The van der Waals surface area contributed by atoms with Gasteiger partial charge in [-0.15, -0.1) is 0 Å². The van der Waals surface area contributed by atoms with Crippen LogP contribution in [0.2, 0.25) is 18.1 Å². The van der Waals surface area contributed by atoms with Crippen LogP contribution in [-0.4, -0.2) is 18.7 Å². The van der Waals surface area contributed by atoms with Gasteiger partial charge in [-0.05, 0) is 54.7 Å². The van der Waals surface area contributed by atoms with E-state index < -0.39 is 8.32 Å². The summed E-state index contributed by atoms with van der Waals surface area (Å²) >= 11 is 0. The Kier molecular flexibility index (Phi) is 4.25. The van der Waals surface area contributed by atoms with Gasteiger partial charge in [-0.2, -0.15) is 0 Å². The van der Waals surface area contributed by atoms with Crippen LogP contribution >= 0.6 is 0 Å². The van der Waals surface area contributed by atoms with Crippen LogP contribution in [0.4, 0.5) is 0 Å². The van der Waals surface area contributed by atoms with Crippen LogP contribution in [0.15, 0.2) is 18.2 Å². The Morgan fingerprint density at radius 2 is 1.88 bits per heavy atom. The van der Waals surface area contributed by atoms with Gasteiger partial charge in [0, 0.05) is 35.6 Å². The number of nitrogens with zero attached hydrogens (tertiary/aromatic N) is 1. The number of rotatable bonds is 3. The molecule has 2 aromatic rings. The van der Waals surface area contributed by atoms with E-state index >= 15 is 0 Å². The summed E-state index contributed by atoms with van der Waals surface area (Å²) in [4.78, 5) is 12.2. The van der Waals surface area contributed by atoms with E-state index in [2.05, 4.69) is 63.7 Å². The second-order valence-corrected chi connectivity index (χ2v) is 13.4. The predicted octanol–water partition coefficient (Wildman–Crippen LogP) is 5.22. The largest absolute Gasteiger partial charge is 0.411 e. The maximum Gasteiger partial charge on any atom is 0.192 e. The van der Waals surface area contributed by atoms with Crippen LogP contribution in [0.25, 0.3) is 10.9 Å². The standard InChI is InChI=1S/C20H29NO2Si/c1-20(2,3)24(5,6)23-13-16-10-15-11-17-14(8-7-9-19(17)22)12-18(15)21(16)4/h10-12H,7-9,13H2,1-6H3. The molecule has 0 fully saturated rings. The monoisotopic (exact) mass is 343 g/mol. The maximum absolute atomic E-state index is 12.2. The van der Waals surface area contributed by atoms with Gasteiger partial charge in [0.15, 0.2) is 14.1 Å². The molecule has 0 N–H and O–H groups in total. The highest BCUT2D eigenvalue weighted by Gasteiger charge is 2.37. The molecule has 3 nitrogen and oxygen atoms in total. The van der Waals surface area contributed by atoms with Crippen molar-refractivity contribution in [3.63, 3.8) is 0 Å². The van der Waals surface area contributed by atoms with E-state index in [1.165, 1.54) is 16.8 Å². The lowest BCUT2D eigenvalue weighted by Gasteiger charge is -2.36. The second kappa shape index (κ2) is 5.85. The number of hydrogen-bond donors (Lipinski definition) is 0. The minimum absolute atomic E-state index is 0.211. The molecule has 1 aromatic heterocycles. The van der Waals surface area contributed by atoms with E-state index in [1.54, 1.807) is 0 Å². The van der Waals surface area contributed by atoms with Crippen molar-refractivity contribution in [2.45, 2.75) is 64.8 Å². The number of benzene rings is 1. The molecule has 0 atom stereocenters. The molecule has 1 aromatic carbocycles. The van der Waals surface area contributed by atoms with Gasteiger partial charge in [-0.1, -0.05) is 20.8 Å². The third-order valence-electron chi connectivity index (χ3n) is 5.90. The van der Waals surface area contributed by atoms with Crippen molar-refractivity contribution in [1.82, 2.24) is 4.57 Å². The van der Waals surface area contributed by atoms with E-state index in [0.29, 0.717) is 18.8 Å². The van der Waals surface area contributed by atoms with Gasteiger partial charge < -0.3 is 8.99 Å². The molecule has 1 aliphatic carbocycles. The third kappa shape index (κ3) is 2.97. The Bertz CT molecular complexity index is 796. The highest BCUT2D eigenvalue weighted by molar-refractivity contribution is 6.74. The summed E-state index contributed by atoms with van der Waals surface area (Å²) in [5.74, 6) is 0.293. The Morgan fingerprint density at radius 3 is 2.54 bits per heavy atom. The molecule has 0 unspecified atom stereocenters. The highest BCUT2D eigenvalue weighted by Crippen LogP contribution is 2.37. The Balaban J connectivity index is 1.93. The lowest BCUT2D eigenvalue weighted by atomic mass is 9.90. The van der Waals surface area contributed by atoms with Crippen molar-refractivity contribution in [3.8, 4) is 0 Å². The molecule has 1 aliphatic rings. The average Bonchev–Trinajstić information content (AvgIpc) is 2.79. The molecule has 0 bridgehead atoms. The number of carbonyl (C=O) groups excluding carboxylic acids is 1. The fraction of sp³-hybridized carbons (Fsp3) is 0.550. The normalized spacial score (nSPS) is 15.8. The quantitative estimate of drug-likeness (QED) is 0.716. The van der Waals surface area contributed by atoms with E-state index in [0.717, 1.165) is 23.8 Å². The summed E-state index contributed by atoms with van der Waals surface area (Å²) in [7, 11) is 0.337. The summed E-state index contributed by atoms with van der Waals surface area (Å²) in [6.07, 6.45) is 2.67. The molecule has 3 rings (SSSR count). The van der Waals surface area contributed by atoms with E-state index in [9.17, 15) is 4.79 Å². The van der Waals surface area contributed by atoms with E-state index in [1.807, 2.05) is 0 Å². The molecule has 0 saturated carbocycles. The van der Waals surface area contributed by atoms with Crippen molar-refractivity contribution in [2.75, 3.05) is 0 Å².